The molecular formula is C12H20N6. The minimum Gasteiger partial charge on any atom is -0.394 e. The van der Waals surface area contributed by atoms with E-state index in [1.807, 2.05) is 27.1 Å². The lowest BCUT2D eigenvalue weighted by Gasteiger charge is -2.07. The highest BCUT2D eigenvalue weighted by molar-refractivity contribution is 5.64. The molecule has 0 amide bonds. The third-order valence-electron chi connectivity index (χ3n) is 3.12. The third kappa shape index (κ3) is 2.47. The summed E-state index contributed by atoms with van der Waals surface area (Å²) in [5.74, 6) is 0.899. The molecule has 0 saturated heterocycles. The lowest BCUT2D eigenvalue weighted by molar-refractivity contribution is 0.751. The van der Waals surface area contributed by atoms with E-state index < -0.39 is 0 Å². The van der Waals surface area contributed by atoms with E-state index in [4.69, 9.17) is 5.73 Å². The van der Waals surface area contributed by atoms with Gasteiger partial charge in [-0.25, -0.2) is 0 Å². The number of nitrogen functional groups attached to an aromatic ring is 1. The number of nitrogens with two attached hydrogens (primary N) is 1. The van der Waals surface area contributed by atoms with E-state index in [1.54, 1.807) is 4.68 Å². The molecule has 0 aliphatic heterocycles. The first-order valence-corrected chi connectivity index (χ1v) is 6.11. The minimum absolute atomic E-state index is 0.733. The van der Waals surface area contributed by atoms with Gasteiger partial charge in [-0.05, 0) is 32.3 Å². The van der Waals surface area contributed by atoms with Crippen LogP contribution in [-0.2, 0) is 13.5 Å². The maximum Gasteiger partial charge on any atom is 0.147 e. The van der Waals surface area contributed by atoms with Gasteiger partial charge in [0.1, 0.15) is 5.82 Å². The largest absolute Gasteiger partial charge is 0.394 e. The zero-order valence-corrected chi connectivity index (χ0v) is 11.1. The van der Waals surface area contributed by atoms with Crippen LogP contribution in [0.3, 0.4) is 0 Å². The van der Waals surface area contributed by atoms with Gasteiger partial charge in [-0.3, -0.25) is 9.78 Å². The second-order valence-corrected chi connectivity index (χ2v) is 4.52. The number of H-pyrrole nitrogens is 1. The van der Waals surface area contributed by atoms with Crippen molar-refractivity contribution in [3.8, 4) is 0 Å². The Morgan fingerprint density at radius 1 is 1.44 bits per heavy atom. The highest BCUT2D eigenvalue weighted by Crippen LogP contribution is 2.20. The molecule has 6 heteroatoms. The molecule has 0 bridgehead atoms. The Morgan fingerprint density at radius 2 is 2.22 bits per heavy atom. The van der Waals surface area contributed by atoms with Crippen molar-refractivity contribution in [3.63, 3.8) is 0 Å². The predicted molar refractivity (Wildman–Crippen MR) is 72.5 cm³/mol. The molecule has 98 valence electrons. The van der Waals surface area contributed by atoms with Crippen LogP contribution in [0.15, 0.2) is 6.20 Å². The molecule has 0 aliphatic carbocycles. The van der Waals surface area contributed by atoms with Crippen molar-refractivity contribution in [2.45, 2.75) is 26.7 Å². The summed E-state index contributed by atoms with van der Waals surface area (Å²) in [5.41, 5.74) is 9.96. The number of rotatable bonds is 5. The Kier molecular flexibility index (Phi) is 3.55. The molecular weight excluding hydrogens is 228 g/mol. The van der Waals surface area contributed by atoms with Crippen molar-refractivity contribution in [1.82, 2.24) is 20.0 Å². The molecule has 0 aliphatic rings. The van der Waals surface area contributed by atoms with Crippen molar-refractivity contribution in [2.75, 3.05) is 17.6 Å². The number of anilines is 2. The van der Waals surface area contributed by atoms with Crippen LogP contribution in [0.2, 0.25) is 0 Å². The average molecular weight is 248 g/mol. The monoisotopic (exact) mass is 248 g/mol. The minimum atomic E-state index is 0.733. The van der Waals surface area contributed by atoms with Gasteiger partial charge in [0.2, 0.25) is 0 Å². The number of aryl methyl sites for hydroxylation is 4. The molecule has 2 heterocycles. The van der Waals surface area contributed by atoms with E-state index in [1.165, 1.54) is 5.56 Å². The molecule has 0 saturated carbocycles. The van der Waals surface area contributed by atoms with Crippen molar-refractivity contribution >= 4 is 11.5 Å². The molecule has 0 spiro atoms. The van der Waals surface area contributed by atoms with E-state index >= 15 is 0 Å². The second-order valence-electron chi connectivity index (χ2n) is 4.52. The lowest BCUT2D eigenvalue weighted by Crippen LogP contribution is -2.08. The van der Waals surface area contributed by atoms with Gasteiger partial charge < -0.3 is 11.1 Å². The Balaban J connectivity index is 1.84. The van der Waals surface area contributed by atoms with Crippen LogP contribution < -0.4 is 11.1 Å². The fourth-order valence-corrected chi connectivity index (χ4v) is 2.00. The van der Waals surface area contributed by atoms with Crippen LogP contribution >= 0.6 is 0 Å². The molecule has 2 aromatic heterocycles. The standard InChI is InChI=1S/C12H20N6/c1-8-10(7-15-16-8)5-4-6-14-12-11(13)9(2)17-18(12)3/h7,14H,4-6,13H2,1-3H3,(H,15,16). The number of nitrogens with zero attached hydrogens (tertiary/aromatic N) is 3. The van der Waals surface area contributed by atoms with Crippen LogP contribution in [-0.4, -0.2) is 26.5 Å². The van der Waals surface area contributed by atoms with Gasteiger partial charge in [0, 0.05) is 19.3 Å². The molecule has 0 fully saturated rings. The maximum atomic E-state index is 5.94. The van der Waals surface area contributed by atoms with Gasteiger partial charge in [-0.2, -0.15) is 10.2 Å². The summed E-state index contributed by atoms with van der Waals surface area (Å²) in [4.78, 5) is 0. The molecule has 0 atom stereocenters. The highest BCUT2D eigenvalue weighted by Gasteiger charge is 2.08. The smallest absolute Gasteiger partial charge is 0.147 e. The maximum absolute atomic E-state index is 5.94. The summed E-state index contributed by atoms with van der Waals surface area (Å²) in [6.45, 7) is 4.82. The number of aromatic amines is 1. The first kappa shape index (κ1) is 12.5. The molecule has 0 radical (unpaired) electrons. The summed E-state index contributed by atoms with van der Waals surface area (Å²) in [7, 11) is 1.89. The second kappa shape index (κ2) is 5.12. The van der Waals surface area contributed by atoms with Crippen LogP contribution in [0.25, 0.3) is 0 Å². The summed E-state index contributed by atoms with van der Waals surface area (Å²) in [5, 5.41) is 14.6. The summed E-state index contributed by atoms with van der Waals surface area (Å²) in [6, 6.07) is 0. The molecule has 2 aromatic rings. The van der Waals surface area contributed by atoms with Gasteiger partial charge in [0.25, 0.3) is 0 Å². The summed E-state index contributed by atoms with van der Waals surface area (Å²) in [6.07, 6.45) is 3.92. The number of nitrogens with one attached hydrogen (secondary N) is 2. The van der Waals surface area contributed by atoms with Gasteiger partial charge in [-0.15, -0.1) is 0 Å². The quantitative estimate of drug-likeness (QED) is 0.698. The number of hydrogen-bond donors (Lipinski definition) is 3. The Labute approximate surface area is 107 Å². The van der Waals surface area contributed by atoms with Gasteiger partial charge in [-0.1, -0.05) is 0 Å². The number of aromatic nitrogens is 4. The van der Waals surface area contributed by atoms with Crippen LogP contribution in [0, 0.1) is 13.8 Å². The van der Waals surface area contributed by atoms with Gasteiger partial charge in [0.15, 0.2) is 0 Å². The SMILES string of the molecule is Cc1nn(C)c(NCCCc2cn[nH]c2C)c1N. The van der Waals surface area contributed by atoms with Crippen LogP contribution in [0.1, 0.15) is 23.4 Å². The van der Waals surface area contributed by atoms with Gasteiger partial charge >= 0.3 is 0 Å². The Morgan fingerprint density at radius 3 is 2.78 bits per heavy atom. The fraction of sp³-hybridized carbons (Fsp3) is 0.500. The molecule has 4 N–H and O–H groups in total. The summed E-state index contributed by atoms with van der Waals surface area (Å²) < 4.78 is 1.79. The highest BCUT2D eigenvalue weighted by atomic mass is 15.3. The van der Waals surface area contributed by atoms with E-state index in [2.05, 4.69) is 20.6 Å². The normalized spacial score (nSPS) is 10.8. The average Bonchev–Trinajstić information content (AvgIpc) is 2.83. The van der Waals surface area contributed by atoms with Crippen molar-refractivity contribution in [2.24, 2.45) is 7.05 Å². The van der Waals surface area contributed by atoms with E-state index in [0.29, 0.717) is 0 Å². The van der Waals surface area contributed by atoms with Crippen LogP contribution in [0.5, 0.6) is 0 Å². The first-order chi connectivity index (χ1) is 8.59. The van der Waals surface area contributed by atoms with Crippen molar-refractivity contribution in [3.05, 3.63) is 23.1 Å². The molecule has 18 heavy (non-hydrogen) atoms. The fourth-order valence-electron chi connectivity index (χ4n) is 2.00. The third-order valence-corrected chi connectivity index (χ3v) is 3.12. The predicted octanol–water partition coefficient (Wildman–Crippen LogP) is 1.39. The number of hydrogen-bond acceptors (Lipinski definition) is 4. The van der Waals surface area contributed by atoms with E-state index in [9.17, 15) is 0 Å². The molecule has 6 nitrogen and oxygen atoms in total. The van der Waals surface area contributed by atoms with Crippen molar-refractivity contribution in [1.29, 1.82) is 0 Å². The first-order valence-electron chi connectivity index (χ1n) is 6.11. The molecule has 0 aromatic carbocycles. The lowest BCUT2D eigenvalue weighted by atomic mass is 10.1. The van der Waals surface area contributed by atoms with E-state index in [-0.39, 0.29) is 0 Å². The molecule has 2 rings (SSSR count). The summed E-state index contributed by atoms with van der Waals surface area (Å²) >= 11 is 0. The zero-order chi connectivity index (χ0) is 13.1. The van der Waals surface area contributed by atoms with Gasteiger partial charge in [0.05, 0.1) is 17.6 Å². The molecule has 0 unspecified atom stereocenters. The van der Waals surface area contributed by atoms with E-state index in [0.717, 1.165) is 42.3 Å². The Bertz CT molecular complexity index is 525. The Hall–Kier alpha value is -1.98. The topological polar surface area (TPSA) is 84.5 Å². The van der Waals surface area contributed by atoms with Crippen LogP contribution in [0.4, 0.5) is 11.5 Å². The zero-order valence-electron chi connectivity index (χ0n) is 11.1. The van der Waals surface area contributed by atoms with Crippen molar-refractivity contribution < 1.29 is 0 Å².